The van der Waals surface area contributed by atoms with Gasteiger partial charge in [-0.25, -0.2) is 4.98 Å². The number of para-hydroxylation sites is 1. The van der Waals surface area contributed by atoms with Gasteiger partial charge in [0, 0.05) is 24.0 Å². The van der Waals surface area contributed by atoms with Gasteiger partial charge in [0.05, 0.1) is 27.8 Å². The lowest BCUT2D eigenvalue weighted by Crippen LogP contribution is -2.22. The fourth-order valence-corrected chi connectivity index (χ4v) is 5.19. The molecule has 1 aromatic heterocycles. The lowest BCUT2D eigenvalue weighted by molar-refractivity contribution is -0.113. The zero-order valence-electron chi connectivity index (χ0n) is 15.2. The number of halogens is 1. The molecule has 0 saturated carbocycles. The quantitative estimate of drug-likeness (QED) is 0.503. The molecule has 0 aliphatic carbocycles. The van der Waals surface area contributed by atoms with Gasteiger partial charge in [-0.3, -0.25) is 4.79 Å². The molecule has 1 N–H and O–H groups in total. The SMILES string of the molecule is O=C(CSc1nc(-c2ccccc2)cs1)Nc1cccc(Cl)c1N1CCCC1. The van der Waals surface area contributed by atoms with E-state index in [1.165, 1.54) is 11.8 Å². The van der Waals surface area contributed by atoms with E-state index in [2.05, 4.69) is 15.2 Å². The van der Waals surface area contributed by atoms with Crippen molar-refractivity contribution in [3.63, 3.8) is 0 Å². The van der Waals surface area contributed by atoms with Crippen molar-refractivity contribution in [2.24, 2.45) is 0 Å². The van der Waals surface area contributed by atoms with E-state index in [0.29, 0.717) is 10.8 Å². The van der Waals surface area contributed by atoms with Gasteiger partial charge in [0.2, 0.25) is 5.91 Å². The van der Waals surface area contributed by atoms with Gasteiger partial charge in [-0.15, -0.1) is 11.3 Å². The van der Waals surface area contributed by atoms with Crippen LogP contribution in [0.3, 0.4) is 0 Å². The van der Waals surface area contributed by atoms with Crippen LogP contribution in [0.1, 0.15) is 12.8 Å². The van der Waals surface area contributed by atoms with Crippen LogP contribution in [-0.2, 0) is 4.79 Å². The number of thiazole rings is 1. The van der Waals surface area contributed by atoms with Gasteiger partial charge in [0.25, 0.3) is 0 Å². The van der Waals surface area contributed by atoms with E-state index in [0.717, 1.165) is 52.9 Å². The van der Waals surface area contributed by atoms with E-state index in [4.69, 9.17) is 11.6 Å². The van der Waals surface area contributed by atoms with Crippen LogP contribution in [0.4, 0.5) is 11.4 Å². The molecule has 144 valence electrons. The molecule has 0 atom stereocenters. The first-order valence-corrected chi connectivity index (χ1v) is 11.4. The number of thioether (sulfide) groups is 1. The van der Waals surface area contributed by atoms with Crippen molar-refractivity contribution in [1.82, 2.24) is 4.98 Å². The molecule has 0 spiro atoms. The Hall–Kier alpha value is -2.02. The smallest absolute Gasteiger partial charge is 0.234 e. The molecule has 4 nitrogen and oxygen atoms in total. The second kappa shape index (κ2) is 8.99. The molecular formula is C21H20ClN3OS2. The predicted molar refractivity (Wildman–Crippen MR) is 120 cm³/mol. The lowest BCUT2D eigenvalue weighted by Gasteiger charge is -2.22. The summed E-state index contributed by atoms with van der Waals surface area (Å²) in [5.74, 6) is 0.262. The molecule has 1 aliphatic rings. The summed E-state index contributed by atoms with van der Waals surface area (Å²) in [5, 5.41) is 5.73. The number of carbonyl (C=O) groups excluding carboxylic acids is 1. The fourth-order valence-electron chi connectivity index (χ4n) is 3.26. The average Bonchev–Trinajstić information content (AvgIpc) is 3.39. The van der Waals surface area contributed by atoms with Gasteiger partial charge in [-0.05, 0) is 25.0 Å². The first-order chi connectivity index (χ1) is 13.7. The lowest BCUT2D eigenvalue weighted by atomic mass is 10.2. The van der Waals surface area contributed by atoms with Gasteiger partial charge >= 0.3 is 0 Å². The van der Waals surface area contributed by atoms with Crippen LogP contribution in [0.15, 0.2) is 58.3 Å². The molecule has 1 saturated heterocycles. The topological polar surface area (TPSA) is 45.2 Å². The Morgan fingerprint density at radius 3 is 2.71 bits per heavy atom. The molecule has 4 rings (SSSR count). The molecule has 0 radical (unpaired) electrons. The first kappa shape index (κ1) is 19.3. The van der Waals surface area contributed by atoms with Gasteiger partial charge < -0.3 is 10.2 Å². The Kier molecular flexibility index (Phi) is 6.20. The number of carbonyl (C=O) groups is 1. The first-order valence-electron chi connectivity index (χ1n) is 9.18. The summed E-state index contributed by atoms with van der Waals surface area (Å²) in [6.45, 7) is 1.95. The molecule has 3 aromatic rings. The predicted octanol–water partition coefficient (Wildman–Crippen LogP) is 5.79. The van der Waals surface area contributed by atoms with E-state index in [1.807, 2.05) is 53.9 Å². The number of amides is 1. The van der Waals surface area contributed by atoms with E-state index < -0.39 is 0 Å². The number of nitrogens with zero attached hydrogens (tertiary/aromatic N) is 2. The Balaban J connectivity index is 1.39. The van der Waals surface area contributed by atoms with Gasteiger partial charge in [0.1, 0.15) is 0 Å². The van der Waals surface area contributed by atoms with Crippen LogP contribution in [0.5, 0.6) is 0 Å². The van der Waals surface area contributed by atoms with Crippen LogP contribution < -0.4 is 10.2 Å². The molecule has 0 unspecified atom stereocenters. The second-order valence-electron chi connectivity index (χ2n) is 6.53. The summed E-state index contributed by atoms with van der Waals surface area (Å²) in [5.41, 5.74) is 3.74. The van der Waals surface area contributed by atoms with Crippen molar-refractivity contribution in [1.29, 1.82) is 0 Å². The Morgan fingerprint density at radius 2 is 1.93 bits per heavy atom. The molecule has 1 amide bonds. The van der Waals surface area contributed by atoms with Crippen molar-refractivity contribution < 1.29 is 4.79 Å². The highest BCUT2D eigenvalue weighted by Gasteiger charge is 2.20. The summed E-state index contributed by atoms with van der Waals surface area (Å²) in [7, 11) is 0. The van der Waals surface area contributed by atoms with Gasteiger partial charge in [-0.1, -0.05) is 59.8 Å². The minimum atomic E-state index is -0.0517. The van der Waals surface area contributed by atoms with Gasteiger partial charge in [0.15, 0.2) is 4.34 Å². The maximum absolute atomic E-state index is 12.5. The number of benzene rings is 2. The standard InChI is InChI=1S/C21H20ClN3OS2/c22-16-9-6-10-17(20(16)25-11-4-5-12-25)23-19(26)14-28-21-24-18(13-27-21)15-7-2-1-3-8-15/h1-3,6-10,13H,4-5,11-12,14H2,(H,23,26). The largest absolute Gasteiger partial charge is 0.369 e. The van der Waals surface area contributed by atoms with Crippen LogP contribution >= 0.6 is 34.7 Å². The normalized spacial score (nSPS) is 13.7. The monoisotopic (exact) mass is 429 g/mol. The maximum atomic E-state index is 12.5. The molecular weight excluding hydrogens is 410 g/mol. The number of nitrogens with one attached hydrogen (secondary N) is 1. The molecule has 7 heteroatoms. The number of anilines is 2. The molecule has 2 heterocycles. The van der Waals surface area contributed by atoms with Gasteiger partial charge in [-0.2, -0.15) is 0 Å². The third-order valence-electron chi connectivity index (χ3n) is 4.56. The van der Waals surface area contributed by atoms with Crippen LogP contribution in [0.2, 0.25) is 5.02 Å². The van der Waals surface area contributed by atoms with E-state index in [-0.39, 0.29) is 5.91 Å². The van der Waals surface area contributed by atoms with Crippen LogP contribution in [-0.4, -0.2) is 29.7 Å². The minimum absolute atomic E-state index is 0.0517. The molecule has 0 bridgehead atoms. The van der Waals surface area contributed by atoms with Crippen LogP contribution in [0.25, 0.3) is 11.3 Å². The second-order valence-corrected chi connectivity index (χ2v) is 9.02. The molecule has 1 aliphatic heterocycles. The number of rotatable bonds is 6. The third kappa shape index (κ3) is 4.51. The van der Waals surface area contributed by atoms with Crippen molar-refractivity contribution in [2.75, 3.05) is 29.1 Å². The fraction of sp³-hybridized carbons (Fsp3) is 0.238. The maximum Gasteiger partial charge on any atom is 0.234 e. The minimum Gasteiger partial charge on any atom is -0.369 e. The Labute approximate surface area is 177 Å². The van der Waals surface area contributed by atoms with E-state index >= 15 is 0 Å². The number of aromatic nitrogens is 1. The number of hydrogen-bond acceptors (Lipinski definition) is 5. The van der Waals surface area contributed by atoms with Crippen molar-refractivity contribution >= 4 is 52.0 Å². The summed E-state index contributed by atoms with van der Waals surface area (Å²) in [6.07, 6.45) is 2.31. The highest BCUT2D eigenvalue weighted by Crippen LogP contribution is 2.36. The van der Waals surface area contributed by atoms with E-state index in [9.17, 15) is 4.79 Å². The Bertz CT molecular complexity index is 955. The molecule has 1 fully saturated rings. The summed E-state index contributed by atoms with van der Waals surface area (Å²) >= 11 is 9.44. The molecule has 28 heavy (non-hydrogen) atoms. The summed E-state index contributed by atoms with van der Waals surface area (Å²) in [4.78, 5) is 19.4. The average molecular weight is 430 g/mol. The Morgan fingerprint density at radius 1 is 1.14 bits per heavy atom. The third-order valence-corrected chi connectivity index (χ3v) is 6.89. The van der Waals surface area contributed by atoms with Crippen molar-refractivity contribution in [3.05, 3.63) is 58.9 Å². The highest BCUT2D eigenvalue weighted by atomic mass is 35.5. The highest BCUT2D eigenvalue weighted by molar-refractivity contribution is 8.01. The summed E-state index contributed by atoms with van der Waals surface area (Å²) in [6, 6.07) is 15.7. The van der Waals surface area contributed by atoms with Crippen LogP contribution in [0, 0.1) is 0 Å². The zero-order valence-corrected chi connectivity index (χ0v) is 17.6. The van der Waals surface area contributed by atoms with Crippen molar-refractivity contribution in [2.45, 2.75) is 17.2 Å². The van der Waals surface area contributed by atoms with Crippen molar-refractivity contribution in [3.8, 4) is 11.3 Å². The number of hydrogen-bond donors (Lipinski definition) is 1. The zero-order chi connectivity index (χ0) is 19.3. The summed E-state index contributed by atoms with van der Waals surface area (Å²) < 4.78 is 0.889. The van der Waals surface area contributed by atoms with E-state index in [1.54, 1.807) is 11.3 Å². The molecule has 2 aromatic carbocycles.